The van der Waals surface area contributed by atoms with Crippen LogP contribution in [0, 0.1) is 0 Å². The lowest BCUT2D eigenvalue weighted by molar-refractivity contribution is -0.110. The number of amides is 1. The fraction of sp³-hybridized carbons (Fsp3) is 0.0455. The van der Waals surface area contributed by atoms with E-state index in [0.717, 1.165) is 33.8 Å². The Hall–Kier alpha value is -3.37. The second-order valence-corrected chi connectivity index (χ2v) is 6.15. The molecule has 4 heteroatoms. The average molecular weight is 341 g/mol. The molecule has 128 valence electrons. The summed E-state index contributed by atoms with van der Waals surface area (Å²) in [6.07, 6.45) is 0. The molecular formula is C22H19N3O. The van der Waals surface area contributed by atoms with Crippen molar-refractivity contribution in [3.05, 3.63) is 95.6 Å². The molecule has 4 nitrogen and oxygen atoms in total. The number of nitrogens with one attached hydrogen (secondary N) is 2. The molecule has 4 N–H and O–H groups in total. The highest BCUT2D eigenvalue weighted by Crippen LogP contribution is 2.37. The van der Waals surface area contributed by atoms with E-state index in [1.54, 1.807) is 0 Å². The highest BCUT2D eigenvalue weighted by Gasteiger charge is 2.27. The molecule has 0 aromatic heterocycles. The van der Waals surface area contributed by atoms with Gasteiger partial charge in [0.05, 0.1) is 11.3 Å². The van der Waals surface area contributed by atoms with Gasteiger partial charge in [0, 0.05) is 23.5 Å². The van der Waals surface area contributed by atoms with Crippen LogP contribution in [0.25, 0.3) is 11.3 Å². The number of carbonyl (C=O) groups is 1. The van der Waals surface area contributed by atoms with Crippen LogP contribution in [0.1, 0.15) is 16.7 Å². The van der Waals surface area contributed by atoms with Gasteiger partial charge in [0.1, 0.15) is 0 Å². The molecule has 0 atom stereocenters. The van der Waals surface area contributed by atoms with E-state index in [-0.39, 0.29) is 5.91 Å². The Morgan fingerprint density at radius 3 is 2.50 bits per heavy atom. The molecule has 0 spiro atoms. The number of carbonyl (C=O) groups excluding carboxylic acids is 1. The Morgan fingerprint density at radius 2 is 1.69 bits per heavy atom. The molecule has 3 aromatic carbocycles. The number of para-hydroxylation sites is 1. The Morgan fingerprint density at radius 1 is 0.923 bits per heavy atom. The summed E-state index contributed by atoms with van der Waals surface area (Å²) < 4.78 is 0. The number of benzene rings is 3. The Bertz CT molecular complexity index is 993. The van der Waals surface area contributed by atoms with E-state index in [9.17, 15) is 4.79 Å². The van der Waals surface area contributed by atoms with Gasteiger partial charge in [-0.2, -0.15) is 0 Å². The van der Waals surface area contributed by atoms with E-state index < -0.39 is 0 Å². The van der Waals surface area contributed by atoms with Gasteiger partial charge in [0.25, 0.3) is 5.91 Å². The molecule has 0 bridgehead atoms. The molecule has 0 radical (unpaired) electrons. The minimum Gasteiger partial charge on any atom is -0.354 e. The van der Waals surface area contributed by atoms with Gasteiger partial charge in [0.2, 0.25) is 0 Å². The van der Waals surface area contributed by atoms with Crippen molar-refractivity contribution in [2.24, 2.45) is 5.73 Å². The Kier molecular flexibility index (Phi) is 4.25. The monoisotopic (exact) mass is 341 g/mol. The summed E-state index contributed by atoms with van der Waals surface area (Å²) in [4.78, 5) is 12.7. The summed E-state index contributed by atoms with van der Waals surface area (Å²) in [5, 5.41) is 6.40. The molecule has 0 saturated carbocycles. The molecule has 0 fully saturated rings. The van der Waals surface area contributed by atoms with Gasteiger partial charge in [-0.15, -0.1) is 0 Å². The molecular weight excluding hydrogens is 322 g/mol. The predicted octanol–water partition coefficient (Wildman–Crippen LogP) is 4.08. The quantitative estimate of drug-likeness (QED) is 0.627. The molecule has 0 aliphatic carbocycles. The van der Waals surface area contributed by atoms with Crippen LogP contribution in [-0.4, -0.2) is 5.91 Å². The van der Waals surface area contributed by atoms with Crippen molar-refractivity contribution >= 4 is 28.6 Å². The highest BCUT2D eigenvalue weighted by atomic mass is 16.2. The molecule has 3 aromatic rings. The zero-order valence-corrected chi connectivity index (χ0v) is 14.2. The van der Waals surface area contributed by atoms with Crippen LogP contribution in [0.5, 0.6) is 0 Å². The third kappa shape index (κ3) is 2.98. The zero-order valence-electron chi connectivity index (χ0n) is 14.2. The number of hydrogen-bond acceptors (Lipinski definition) is 3. The Labute approximate surface area is 152 Å². The lowest BCUT2D eigenvalue weighted by atomic mass is 10.00. The van der Waals surface area contributed by atoms with Crippen molar-refractivity contribution in [3.8, 4) is 0 Å². The van der Waals surface area contributed by atoms with Crippen LogP contribution in [0.4, 0.5) is 11.4 Å². The molecule has 1 aliphatic rings. The van der Waals surface area contributed by atoms with Crippen LogP contribution < -0.4 is 16.4 Å². The van der Waals surface area contributed by atoms with E-state index in [0.29, 0.717) is 12.1 Å². The maximum Gasteiger partial charge on any atom is 0.258 e. The van der Waals surface area contributed by atoms with E-state index in [4.69, 9.17) is 5.73 Å². The third-order valence-electron chi connectivity index (χ3n) is 4.42. The molecule has 4 rings (SSSR count). The largest absolute Gasteiger partial charge is 0.354 e. The first kappa shape index (κ1) is 16.1. The fourth-order valence-corrected chi connectivity index (χ4v) is 3.17. The topological polar surface area (TPSA) is 67.1 Å². The number of anilines is 2. The minimum atomic E-state index is -0.104. The summed E-state index contributed by atoms with van der Waals surface area (Å²) in [6, 6.07) is 25.5. The summed E-state index contributed by atoms with van der Waals surface area (Å²) in [7, 11) is 0. The summed E-state index contributed by atoms with van der Waals surface area (Å²) in [5.41, 5.74) is 11.8. The van der Waals surface area contributed by atoms with Crippen molar-refractivity contribution in [2.45, 2.75) is 6.54 Å². The first-order chi connectivity index (χ1) is 12.8. The van der Waals surface area contributed by atoms with Crippen molar-refractivity contribution in [3.63, 3.8) is 0 Å². The van der Waals surface area contributed by atoms with Crippen LogP contribution in [0.2, 0.25) is 0 Å². The van der Waals surface area contributed by atoms with E-state index in [1.807, 2.05) is 78.9 Å². The maximum absolute atomic E-state index is 12.7. The zero-order chi connectivity index (χ0) is 17.9. The van der Waals surface area contributed by atoms with Crippen molar-refractivity contribution in [1.82, 2.24) is 0 Å². The summed E-state index contributed by atoms with van der Waals surface area (Å²) >= 11 is 0. The molecule has 0 unspecified atom stereocenters. The fourth-order valence-electron chi connectivity index (χ4n) is 3.17. The number of fused-ring (bicyclic) bond motifs is 1. The van der Waals surface area contributed by atoms with Gasteiger partial charge >= 0.3 is 0 Å². The number of hydrogen-bond donors (Lipinski definition) is 3. The lowest BCUT2D eigenvalue weighted by Gasteiger charge is -2.15. The van der Waals surface area contributed by atoms with E-state index in [2.05, 4.69) is 10.6 Å². The Balaban J connectivity index is 1.88. The smallest absolute Gasteiger partial charge is 0.258 e. The van der Waals surface area contributed by atoms with Gasteiger partial charge in [-0.25, -0.2) is 0 Å². The molecule has 26 heavy (non-hydrogen) atoms. The minimum absolute atomic E-state index is 0.104. The summed E-state index contributed by atoms with van der Waals surface area (Å²) in [5.74, 6) is -0.104. The van der Waals surface area contributed by atoms with Crippen LogP contribution in [-0.2, 0) is 11.3 Å². The van der Waals surface area contributed by atoms with Crippen molar-refractivity contribution < 1.29 is 4.79 Å². The van der Waals surface area contributed by atoms with Gasteiger partial charge < -0.3 is 16.4 Å². The molecule has 1 amide bonds. The predicted molar refractivity (Wildman–Crippen MR) is 106 cm³/mol. The van der Waals surface area contributed by atoms with Crippen LogP contribution in [0.3, 0.4) is 0 Å². The maximum atomic E-state index is 12.7. The first-order valence-electron chi connectivity index (χ1n) is 8.53. The van der Waals surface area contributed by atoms with Crippen LogP contribution in [0.15, 0.2) is 78.9 Å². The van der Waals surface area contributed by atoms with E-state index >= 15 is 0 Å². The lowest BCUT2D eigenvalue weighted by Crippen LogP contribution is -2.10. The number of nitrogens with two attached hydrogens (primary N) is 1. The van der Waals surface area contributed by atoms with E-state index in [1.165, 1.54) is 0 Å². The van der Waals surface area contributed by atoms with Gasteiger partial charge in [-0.3, -0.25) is 4.79 Å². The van der Waals surface area contributed by atoms with Gasteiger partial charge in [-0.1, -0.05) is 60.7 Å². The van der Waals surface area contributed by atoms with Gasteiger partial charge in [0.15, 0.2) is 0 Å². The third-order valence-corrected chi connectivity index (χ3v) is 4.42. The molecule has 1 heterocycles. The normalized spacial score (nSPS) is 14.6. The number of rotatable bonds is 4. The highest BCUT2D eigenvalue weighted by molar-refractivity contribution is 6.37. The van der Waals surface area contributed by atoms with Crippen LogP contribution >= 0.6 is 0 Å². The van der Waals surface area contributed by atoms with Crippen molar-refractivity contribution in [1.29, 1.82) is 0 Å². The van der Waals surface area contributed by atoms with Crippen molar-refractivity contribution in [2.75, 3.05) is 10.6 Å². The SMILES string of the molecule is NCc1cccc(NC(=C2C(=O)Nc3ccccc32)c2ccccc2)c1. The molecule has 1 aliphatic heterocycles. The van der Waals surface area contributed by atoms with Gasteiger partial charge in [-0.05, 0) is 29.3 Å². The first-order valence-corrected chi connectivity index (χ1v) is 8.53. The second-order valence-electron chi connectivity index (χ2n) is 6.15. The second kappa shape index (κ2) is 6.86. The standard InChI is InChI=1S/C22H19N3O/c23-14-15-7-6-10-17(13-15)24-21(16-8-2-1-3-9-16)20-18-11-4-5-12-19(18)25-22(20)26/h1-13,24H,14,23H2,(H,25,26). The average Bonchev–Trinajstić information content (AvgIpc) is 3.02. The molecule has 0 saturated heterocycles. The summed E-state index contributed by atoms with van der Waals surface area (Å²) in [6.45, 7) is 0.468.